The summed E-state index contributed by atoms with van der Waals surface area (Å²) >= 11 is 7.52. The van der Waals surface area contributed by atoms with Crippen molar-refractivity contribution >= 4 is 57.4 Å². The number of nitrogens with one attached hydrogen (secondary N) is 1. The SMILES string of the molecule is CC1=C[C@@H]2N(c3ccc(C)cc31)[C@H](C(=O)c1cccs1)[C@@H](C(=O)c1ccc(Cl)cc1)[C@]21C(=O)Nc2ccccc21. The fourth-order valence-electron chi connectivity index (χ4n) is 6.90. The van der Waals surface area contributed by atoms with Crippen LogP contribution in [0.1, 0.15) is 43.6 Å². The molecule has 0 saturated carbocycles. The smallest absolute Gasteiger partial charge is 0.238 e. The zero-order valence-electron chi connectivity index (χ0n) is 21.9. The van der Waals surface area contributed by atoms with E-state index in [1.54, 1.807) is 30.3 Å². The molecule has 4 heterocycles. The number of hydrogen-bond acceptors (Lipinski definition) is 5. The molecular formula is C33H25ClN2O3S. The molecule has 3 aliphatic rings. The van der Waals surface area contributed by atoms with Crippen LogP contribution in [0, 0.1) is 12.8 Å². The minimum absolute atomic E-state index is 0.166. The van der Waals surface area contributed by atoms with E-state index in [4.69, 9.17) is 11.6 Å². The molecule has 3 aromatic carbocycles. The lowest BCUT2D eigenvalue weighted by Crippen LogP contribution is -2.51. The fraction of sp³-hybridized carbons (Fsp3) is 0.182. The van der Waals surface area contributed by atoms with E-state index >= 15 is 0 Å². The number of Topliss-reactive ketones (excluding diaryl/α,β-unsaturated/α-hetero) is 2. The van der Waals surface area contributed by atoms with E-state index in [1.807, 2.05) is 66.6 Å². The maximum Gasteiger partial charge on any atom is 0.238 e. The largest absolute Gasteiger partial charge is 0.352 e. The van der Waals surface area contributed by atoms with E-state index in [0.29, 0.717) is 21.2 Å². The van der Waals surface area contributed by atoms with E-state index in [-0.39, 0.29) is 17.5 Å². The van der Waals surface area contributed by atoms with Gasteiger partial charge in [-0.25, -0.2) is 0 Å². The minimum Gasteiger partial charge on any atom is -0.352 e. The lowest BCUT2D eigenvalue weighted by atomic mass is 9.64. The summed E-state index contributed by atoms with van der Waals surface area (Å²) in [5, 5.41) is 5.44. The Bertz CT molecular complexity index is 1740. The third-order valence-corrected chi connectivity index (χ3v) is 9.71. The highest BCUT2D eigenvalue weighted by molar-refractivity contribution is 7.12. The van der Waals surface area contributed by atoms with Gasteiger partial charge < -0.3 is 10.2 Å². The zero-order chi connectivity index (χ0) is 27.8. The predicted molar refractivity (Wildman–Crippen MR) is 160 cm³/mol. The maximum atomic E-state index is 14.7. The molecule has 1 N–H and O–H groups in total. The summed E-state index contributed by atoms with van der Waals surface area (Å²) in [4.78, 5) is 46.2. The molecular weight excluding hydrogens is 540 g/mol. The van der Waals surface area contributed by atoms with Gasteiger partial charge in [-0.05, 0) is 78.9 Å². The Hall–Kier alpha value is -4.00. The number of hydrogen-bond donors (Lipinski definition) is 1. The predicted octanol–water partition coefficient (Wildman–Crippen LogP) is 6.96. The van der Waals surface area contributed by atoms with Crippen LogP contribution in [0.15, 0.2) is 90.3 Å². The van der Waals surface area contributed by atoms with E-state index in [9.17, 15) is 14.4 Å². The molecule has 0 aliphatic carbocycles. The first-order chi connectivity index (χ1) is 19.3. The lowest BCUT2D eigenvalue weighted by molar-refractivity contribution is -0.121. The minimum atomic E-state index is -1.32. The van der Waals surface area contributed by atoms with Crippen LogP contribution < -0.4 is 10.2 Å². The van der Waals surface area contributed by atoms with E-state index < -0.39 is 23.4 Å². The summed E-state index contributed by atoms with van der Waals surface area (Å²) < 4.78 is 0. The highest BCUT2D eigenvalue weighted by Crippen LogP contribution is 2.59. The van der Waals surface area contributed by atoms with E-state index in [0.717, 1.165) is 28.0 Å². The highest BCUT2D eigenvalue weighted by atomic mass is 35.5. The first-order valence-corrected chi connectivity index (χ1v) is 14.4. The van der Waals surface area contributed by atoms with Gasteiger partial charge in [0.15, 0.2) is 11.6 Å². The summed E-state index contributed by atoms with van der Waals surface area (Å²) in [5.41, 5.74) is 4.47. The monoisotopic (exact) mass is 564 g/mol. The van der Waals surface area contributed by atoms with Crippen molar-refractivity contribution in [2.75, 3.05) is 10.2 Å². The molecule has 3 aliphatic heterocycles. The summed E-state index contributed by atoms with van der Waals surface area (Å²) in [6, 6.07) is 22.6. The van der Waals surface area contributed by atoms with Gasteiger partial charge in [0.2, 0.25) is 5.91 Å². The number of nitrogens with zero attached hydrogens (tertiary/aromatic N) is 1. The van der Waals surface area contributed by atoms with Crippen molar-refractivity contribution in [3.63, 3.8) is 0 Å². The molecule has 7 heteroatoms. The Labute approximate surface area is 241 Å². The quantitative estimate of drug-likeness (QED) is 0.272. The normalized spacial score (nSPS) is 24.3. The number of fused-ring (bicyclic) bond motifs is 6. The number of allylic oxidation sites excluding steroid dienone is 1. The Morgan fingerprint density at radius 3 is 2.48 bits per heavy atom. The second-order valence-electron chi connectivity index (χ2n) is 10.7. The number of benzene rings is 3. The van der Waals surface area contributed by atoms with Crippen LogP contribution in [0.5, 0.6) is 0 Å². The molecule has 1 saturated heterocycles. The number of amides is 1. The maximum absolute atomic E-state index is 14.7. The number of carbonyl (C=O) groups is 3. The molecule has 1 amide bonds. The Morgan fingerprint density at radius 2 is 1.73 bits per heavy atom. The number of ketones is 2. The average Bonchev–Trinajstić information content (AvgIpc) is 3.66. The topological polar surface area (TPSA) is 66.5 Å². The number of halogens is 1. The van der Waals surface area contributed by atoms with Crippen LogP contribution >= 0.6 is 22.9 Å². The molecule has 40 heavy (non-hydrogen) atoms. The molecule has 1 aromatic heterocycles. The van der Waals surface area contributed by atoms with Gasteiger partial charge in [0.05, 0.1) is 16.8 Å². The molecule has 1 fully saturated rings. The lowest BCUT2D eigenvalue weighted by Gasteiger charge is -2.39. The summed E-state index contributed by atoms with van der Waals surface area (Å²) in [6.07, 6.45) is 2.08. The molecule has 198 valence electrons. The number of thiophene rings is 1. The number of carbonyl (C=O) groups excluding carboxylic acids is 3. The van der Waals surface area contributed by atoms with Crippen molar-refractivity contribution in [2.45, 2.75) is 31.3 Å². The zero-order valence-corrected chi connectivity index (χ0v) is 23.4. The van der Waals surface area contributed by atoms with Crippen molar-refractivity contribution in [1.29, 1.82) is 0 Å². The third-order valence-electron chi connectivity index (χ3n) is 8.58. The molecule has 0 unspecified atom stereocenters. The van der Waals surface area contributed by atoms with Gasteiger partial charge >= 0.3 is 0 Å². The molecule has 5 nitrogen and oxygen atoms in total. The number of rotatable bonds is 4. The van der Waals surface area contributed by atoms with Gasteiger partial charge in [0, 0.05) is 27.5 Å². The molecule has 1 spiro atoms. The van der Waals surface area contributed by atoms with Crippen LogP contribution in [0.25, 0.3) is 5.57 Å². The molecule has 7 rings (SSSR count). The summed E-state index contributed by atoms with van der Waals surface area (Å²) in [7, 11) is 0. The van der Waals surface area contributed by atoms with Crippen LogP contribution in [-0.4, -0.2) is 29.6 Å². The summed E-state index contributed by atoms with van der Waals surface area (Å²) in [6.45, 7) is 4.07. The van der Waals surface area contributed by atoms with Gasteiger partial charge in [-0.2, -0.15) is 0 Å². The van der Waals surface area contributed by atoms with Crippen LogP contribution in [0.2, 0.25) is 5.02 Å². The molecule has 4 atom stereocenters. The van der Waals surface area contributed by atoms with Crippen LogP contribution in [0.4, 0.5) is 11.4 Å². The average molecular weight is 565 g/mol. The van der Waals surface area contributed by atoms with E-state index in [2.05, 4.69) is 17.5 Å². The number of aryl methyl sites for hydroxylation is 1. The van der Waals surface area contributed by atoms with Crippen LogP contribution in [0.3, 0.4) is 0 Å². The van der Waals surface area contributed by atoms with Gasteiger partial charge in [-0.1, -0.05) is 53.6 Å². The van der Waals surface area contributed by atoms with Crippen molar-refractivity contribution in [1.82, 2.24) is 0 Å². The Balaban J connectivity index is 1.56. The van der Waals surface area contributed by atoms with Crippen molar-refractivity contribution < 1.29 is 14.4 Å². The van der Waals surface area contributed by atoms with Gasteiger partial charge in [0.1, 0.15) is 11.5 Å². The van der Waals surface area contributed by atoms with Gasteiger partial charge in [-0.3, -0.25) is 14.4 Å². The first-order valence-electron chi connectivity index (χ1n) is 13.2. The second-order valence-corrected chi connectivity index (χ2v) is 12.1. The molecule has 0 radical (unpaired) electrons. The number of para-hydroxylation sites is 1. The molecule has 0 bridgehead atoms. The Morgan fingerprint density at radius 1 is 0.950 bits per heavy atom. The first kappa shape index (κ1) is 25.0. The number of anilines is 2. The van der Waals surface area contributed by atoms with Crippen molar-refractivity contribution in [3.05, 3.63) is 122 Å². The second kappa shape index (κ2) is 9.01. The van der Waals surface area contributed by atoms with Crippen LogP contribution in [-0.2, 0) is 10.2 Å². The third kappa shape index (κ3) is 3.36. The van der Waals surface area contributed by atoms with Crippen molar-refractivity contribution in [3.8, 4) is 0 Å². The fourth-order valence-corrected chi connectivity index (χ4v) is 7.73. The van der Waals surface area contributed by atoms with E-state index in [1.165, 1.54) is 11.3 Å². The summed E-state index contributed by atoms with van der Waals surface area (Å²) in [5.74, 6) is -1.68. The standard InChI is InChI=1S/C33H25ClN2O3S/c1-18-9-14-25-22(16-18)19(2)17-27-33(23-6-3-4-7-24(23)35-32(33)39)28(30(37)20-10-12-21(34)13-11-20)29(36(25)27)31(38)26-8-5-15-40-26/h3-17,27-29H,1-2H3,(H,35,39)/t27-,28-,29-,33+/m0/s1. The molecule has 4 aromatic rings. The Kier molecular flexibility index (Phi) is 5.63. The van der Waals surface area contributed by atoms with Crippen molar-refractivity contribution in [2.24, 2.45) is 5.92 Å². The van der Waals surface area contributed by atoms with Gasteiger partial charge in [-0.15, -0.1) is 11.3 Å². The highest BCUT2D eigenvalue weighted by Gasteiger charge is 2.70. The van der Waals surface area contributed by atoms with Gasteiger partial charge in [0.25, 0.3) is 0 Å².